The van der Waals surface area contributed by atoms with Crippen molar-refractivity contribution in [3.63, 3.8) is 0 Å². The van der Waals surface area contributed by atoms with Gasteiger partial charge in [0, 0.05) is 11.0 Å². The molecule has 104 valence electrons. The molecule has 2 N–H and O–H groups in total. The van der Waals surface area contributed by atoms with Crippen LogP contribution in [-0.2, 0) is 16.1 Å². The summed E-state index contributed by atoms with van der Waals surface area (Å²) >= 11 is 3.33. The Bertz CT molecular complexity index is 463. The van der Waals surface area contributed by atoms with Crippen molar-refractivity contribution in [2.24, 2.45) is 11.3 Å². The topological polar surface area (TPSA) is 66.4 Å². The standard InChI is InChI=1S/C14H18BrNO3/c1-14(2,3)11(13(18)19)12(17)16-8-9-4-6-10(15)7-5-9/h4-7,11H,8H2,1-3H3,(H,16,17)(H,18,19). The number of aliphatic carboxylic acids is 1. The fraction of sp³-hybridized carbons (Fsp3) is 0.429. The van der Waals surface area contributed by atoms with Gasteiger partial charge >= 0.3 is 5.97 Å². The maximum Gasteiger partial charge on any atom is 0.316 e. The van der Waals surface area contributed by atoms with Gasteiger partial charge in [-0.15, -0.1) is 0 Å². The maximum atomic E-state index is 12.0. The number of amides is 1. The Morgan fingerprint density at radius 3 is 2.21 bits per heavy atom. The molecule has 1 rings (SSSR count). The van der Waals surface area contributed by atoms with E-state index in [1.54, 1.807) is 20.8 Å². The molecule has 5 heteroatoms. The van der Waals surface area contributed by atoms with Gasteiger partial charge in [0.25, 0.3) is 0 Å². The van der Waals surface area contributed by atoms with E-state index in [2.05, 4.69) is 21.2 Å². The summed E-state index contributed by atoms with van der Waals surface area (Å²) in [7, 11) is 0. The Labute approximate surface area is 121 Å². The molecule has 1 aromatic rings. The minimum absolute atomic E-state index is 0.325. The quantitative estimate of drug-likeness (QED) is 0.835. The zero-order valence-electron chi connectivity index (χ0n) is 11.2. The van der Waals surface area contributed by atoms with E-state index >= 15 is 0 Å². The lowest BCUT2D eigenvalue weighted by Crippen LogP contribution is -2.42. The van der Waals surface area contributed by atoms with Crippen LogP contribution in [0.4, 0.5) is 0 Å². The molecule has 0 aliphatic heterocycles. The summed E-state index contributed by atoms with van der Waals surface area (Å²) in [5.74, 6) is -2.60. The lowest BCUT2D eigenvalue weighted by molar-refractivity contribution is -0.151. The van der Waals surface area contributed by atoms with E-state index in [9.17, 15) is 9.59 Å². The molecule has 0 spiro atoms. The normalized spacial score (nSPS) is 12.8. The third-order valence-electron chi connectivity index (χ3n) is 2.76. The summed E-state index contributed by atoms with van der Waals surface area (Å²) in [6, 6.07) is 7.49. The largest absolute Gasteiger partial charge is 0.481 e. The van der Waals surface area contributed by atoms with Crippen LogP contribution in [0.15, 0.2) is 28.7 Å². The Balaban J connectivity index is 2.68. The molecule has 1 amide bonds. The first-order valence-electron chi connectivity index (χ1n) is 5.97. The molecule has 0 saturated heterocycles. The molecule has 0 saturated carbocycles. The number of carbonyl (C=O) groups is 2. The van der Waals surface area contributed by atoms with Gasteiger partial charge < -0.3 is 10.4 Å². The number of carboxylic acid groups (broad SMARTS) is 1. The number of nitrogens with one attached hydrogen (secondary N) is 1. The fourth-order valence-corrected chi connectivity index (χ4v) is 2.03. The molecule has 1 atom stereocenters. The van der Waals surface area contributed by atoms with Crippen LogP contribution in [0.3, 0.4) is 0 Å². The number of hydrogen-bond acceptors (Lipinski definition) is 2. The van der Waals surface area contributed by atoms with Crippen LogP contribution in [0.1, 0.15) is 26.3 Å². The highest BCUT2D eigenvalue weighted by molar-refractivity contribution is 9.10. The molecule has 1 unspecified atom stereocenters. The van der Waals surface area contributed by atoms with E-state index in [-0.39, 0.29) is 0 Å². The van der Waals surface area contributed by atoms with E-state index in [0.717, 1.165) is 10.0 Å². The maximum absolute atomic E-state index is 12.0. The second-order valence-electron chi connectivity index (χ2n) is 5.48. The van der Waals surface area contributed by atoms with Crippen molar-refractivity contribution in [1.82, 2.24) is 5.32 Å². The van der Waals surface area contributed by atoms with Crippen molar-refractivity contribution in [3.8, 4) is 0 Å². The van der Waals surface area contributed by atoms with Crippen LogP contribution in [0.5, 0.6) is 0 Å². The average molecular weight is 328 g/mol. The van der Waals surface area contributed by atoms with Crippen LogP contribution in [0, 0.1) is 11.3 Å². The molecule has 0 aromatic heterocycles. The molecular formula is C14H18BrNO3. The summed E-state index contributed by atoms with van der Waals surface area (Å²) in [4.78, 5) is 23.1. The van der Waals surface area contributed by atoms with Gasteiger partial charge in [0.05, 0.1) is 0 Å². The lowest BCUT2D eigenvalue weighted by Gasteiger charge is -2.25. The highest BCUT2D eigenvalue weighted by Gasteiger charge is 2.37. The lowest BCUT2D eigenvalue weighted by atomic mass is 9.80. The third kappa shape index (κ3) is 4.67. The van der Waals surface area contributed by atoms with Crippen molar-refractivity contribution >= 4 is 27.8 Å². The Morgan fingerprint density at radius 2 is 1.79 bits per heavy atom. The SMILES string of the molecule is CC(C)(C)C(C(=O)O)C(=O)NCc1ccc(Br)cc1. The minimum atomic E-state index is -1.10. The predicted octanol–water partition coefficient (Wildman–Crippen LogP) is 2.81. The van der Waals surface area contributed by atoms with Crippen LogP contribution < -0.4 is 5.32 Å². The number of rotatable bonds is 4. The molecule has 0 aliphatic carbocycles. The number of carbonyl (C=O) groups excluding carboxylic acids is 1. The van der Waals surface area contributed by atoms with Crippen molar-refractivity contribution in [3.05, 3.63) is 34.3 Å². The summed E-state index contributed by atoms with van der Waals surface area (Å²) < 4.78 is 0.959. The molecule has 0 radical (unpaired) electrons. The summed E-state index contributed by atoms with van der Waals surface area (Å²) in [5, 5.41) is 11.8. The second-order valence-corrected chi connectivity index (χ2v) is 6.40. The van der Waals surface area contributed by atoms with Crippen LogP contribution in [0.25, 0.3) is 0 Å². The van der Waals surface area contributed by atoms with E-state index in [1.807, 2.05) is 24.3 Å². The molecule has 1 aromatic carbocycles. The molecule has 0 heterocycles. The van der Waals surface area contributed by atoms with E-state index < -0.39 is 23.2 Å². The van der Waals surface area contributed by atoms with Crippen molar-refractivity contribution < 1.29 is 14.7 Å². The zero-order valence-corrected chi connectivity index (χ0v) is 12.8. The summed E-state index contributed by atoms with van der Waals surface area (Å²) in [6.07, 6.45) is 0. The molecule has 0 bridgehead atoms. The van der Waals surface area contributed by atoms with Gasteiger partial charge in [-0.3, -0.25) is 9.59 Å². The van der Waals surface area contributed by atoms with Crippen molar-refractivity contribution in [1.29, 1.82) is 0 Å². The number of halogens is 1. The number of hydrogen-bond donors (Lipinski definition) is 2. The monoisotopic (exact) mass is 327 g/mol. The molecule has 19 heavy (non-hydrogen) atoms. The summed E-state index contributed by atoms with van der Waals surface area (Å²) in [5.41, 5.74) is 0.310. The van der Waals surface area contributed by atoms with E-state index in [1.165, 1.54) is 0 Å². The van der Waals surface area contributed by atoms with Gasteiger partial charge in [-0.2, -0.15) is 0 Å². The molecular weight excluding hydrogens is 310 g/mol. The second kappa shape index (κ2) is 6.19. The smallest absolute Gasteiger partial charge is 0.316 e. The van der Waals surface area contributed by atoms with Gasteiger partial charge in [0.15, 0.2) is 0 Å². The summed E-state index contributed by atoms with van der Waals surface area (Å²) in [6.45, 7) is 5.55. The Hall–Kier alpha value is -1.36. The molecule has 0 fully saturated rings. The predicted molar refractivity (Wildman–Crippen MR) is 76.6 cm³/mol. The number of benzene rings is 1. The first kappa shape index (κ1) is 15.7. The van der Waals surface area contributed by atoms with Gasteiger partial charge in [0.2, 0.25) is 5.91 Å². The molecule has 0 aliphatic rings. The van der Waals surface area contributed by atoms with Gasteiger partial charge in [-0.05, 0) is 23.1 Å². The highest BCUT2D eigenvalue weighted by Crippen LogP contribution is 2.26. The van der Waals surface area contributed by atoms with Crippen LogP contribution >= 0.6 is 15.9 Å². The van der Waals surface area contributed by atoms with Gasteiger partial charge in [0.1, 0.15) is 5.92 Å². The Morgan fingerprint density at radius 1 is 1.26 bits per heavy atom. The fourth-order valence-electron chi connectivity index (χ4n) is 1.77. The molecule has 4 nitrogen and oxygen atoms in total. The Kier molecular flexibility index (Phi) is 5.11. The first-order valence-corrected chi connectivity index (χ1v) is 6.76. The van der Waals surface area contributed by atoms with E-state index in [4.69, 9.17) is 5.11 Å². The average Bonchev–Trinajstić information content (AvgIpc) is 2.25. The van der Waals surface area contributed by atoms with Crippen LogP contribution in [-0.4, -0.2) is 17.0 Å². The minimum Gasteiger partial charge on any atom is -0.481 e. The zero-order chi connectivity index (χ0) is 14.6. The van der Waals surface area contributed by atoms with Crippen LogP contribution in [0.2, 0.25) is 0 Å². The number of carboxylic acids is 1. The van der Waals surface area contributed by atoms with Crippen molar-refractivity contribution in [2.75, 3.05) is 0 Å². The van der Waals surface area contributed by atoms with Gasteiger partial charge in [-0.25, -0.2) is 0 Å². The third-order valence-corrected chi connectivity index (χ3v) is 3.28. The van der Waals surface area contributed by atoms with Crippen molar-refractivity contribution in [2.45, 2.75) is 27.3 Å². The highest BCUT2D eigenvalue weighted by atomic mass is 79.9. The first-order chi connectivity index (χ1) is 8.71. The van der Waals surface area contributed by atoms with Gasteiger partial charge in [-0.1, -0.05) is 48.8 Å². The van der Waals surface area contributed by atoms with E-state index in [0.29, 0.717) is 6.54 Å².